The summed E-state index contributed by atoms with van der Waals surface area (Å²) in [4.78, 5) is 34.3. The van der Waals surface area contributed by atoms with Crippen LogP contribution in [-0.2, 0) is 9.59 Å². The first kappa shape index (κ1) is 28.4. The number of likely N-dealkylation sites (tertiary alicyclic amines) is 1. The maximum Gasteiger partial charge on any atom is 0.243 e. The standard InChI is InChI=1S/C30H39N5O4S/c1-17(2)27(26-14-24(34-39-26)21-9-11-31-12-10-21)30(38)35-15-23(36)13-25(35)29(37)33-18(3)20-5-7-22(8-6-20)28-19(4)32-16-40-28/h5-8,14,16-18,21,23,25,27,31,36H,9-13,15H2,1-4H3,(H,33,37)/t18-,23+,25?,27+/m0/s1. The number of carbonyl (C=O) groups excluding carboxylic acids is 2. The summed E-state index contributed by atoms with van der Waals surface area (Å²) in [6, 6.07) is 8.99. The molecule has 1 unspecified atom stereocenters. The molecule has 2 amide bonds. The van der Waals surface area contributed by atoms with Gasteiger partial charge in [0.25, 0.3) is 0 Å². The van der Waals surface area contributed by atoms with Crippen LogP contribution in [0.15, 0.2) is 40.4 Å². The highest BCUT2D eigenvalue weighted by Crippen LogP contribution is 2.34. The third kappa shape index (κ3) is 5.99. The average molecular weight is 566 g/mol. The van der Waals surface area contributed by atoms with E-state index in [2.05, 4.69) is 20.8 Å². The van der Waals surface area contributed by atoms with Crippen molar-refractivity contribution in [2.75, 3.05) is 19.6 Å². The smallest absolute Gasteiger partial charge is 0.243 e. The molecule has 0 saturated carbocycles. The van der Waals surface area contributed by atoms with Gasteiger partial charge in [-0.1, -0.05) is 43.3 Å². The Morgan fingerprint density at radius 1 is 1.18 bits per heavy atom. The lowest BCUT2D eigenvalue weighted by molar-refractivity contribution is -0.141. The third-order valence-electron chi connectivity index (χ3n) is 8.19. The predicted octanol–water partition coefficient (Wildman–Crippen LogP) is 4.15. The zero-order chi connectivity index (χ0) is 28.4. The molecule has 3 aromatic rings. The van der Waals surface area contributed by atoms with Gasteiger partial charge in [0.2, 0.25) is 11.8 Å². The molecule has 2 aliphatic heterocycles. The Bertz CT molecular complexity index is 1310. The van der Waals surface area contributed by atoms with Crippen molar-refractivity contribution in [1.82, 2.24) is 25.7 Å². The van der Waals surface area contributed by atoms with Gasteiger partial charge in [-0.25, -0.2) is 4.98 Å². The molecule has 214 valence electrons. The number of hydrogen-bond acceptors (Lipinski definition) is 8. The largest absolute Gasteiger partial charge is 0.391 e. The average Bonchev–Trinajstić information content (AvgIpc) is 3.69. The van der Waals surface area contributed by atoms with Crippen molar-refractivity contribution in [2.24, 2.45) is 5.92 Å². The van der Waals surface area contributed by atoms with E-state index in [4.69, 9.17) is 4.52 Å². The van der Waals surface area contributed by atoms with E-state index >= 15 is 0 Å². The molecule has 5 rings (SSSR count). The molecule has 0 spiro atoms. The number of amides is 2. The van der Waals surface area contributed by atoms with E-state index in [1.807, 2.05) is 63.5 Å². The fourth-order valence-electron chi connectivity index (χ4n) is 5.88. The minimum Gasteiger partial charge on any atom is -0.391 e. The third-order valence-corrected chi connectivity index (χ3v) is 9.16. The summed E-state index contributed by atoms with van der Waals surface area (Å²) in [5, 5.41) is 21.3. The number of aliphatic hydroxyl groups excluding tert-OH is 1. The molecule has 4 atom stereocenters. The summed E-state index contributed by atoms with van der Waals surface area (Å²) < 4.78 is 5.73. The highest BCUT2D eigenvalue weighted by atomic mass is 32.1. The van der Waals surface area contributed by atoms with Crippen molar-refractivity contribution in [3.8, 4) is 10.4 Å². The van der Waals surface area contributed by atoms with Crippen molar-refractivity contribution >= 4 is 23.2 Å². The Hall–Kier alpha value is -3.08. The molecule has 4 heterocycles. The van der Waals surface area contributed by atoms with E-state index in [1.165, 1.54) is 4.90 Å². The maximum atomic E-state index is 13.9. The SMILES string of the molecule is Cc1ncsc1-c1ccc([C@H](C)NC(=O)C2C[C@@H](O)CN2C(=O)[C@@H](c2cc(C3CCNCC3)no2)C(C)C)cc1. The molecule has 0 bridgehead atoms. The lowest BCUT2D eigenvalue weighted by Crippen LogP contribution is -2.48. The van der Waals surface area contributed by atoms with E-state index < -0.39 is 18.1 Å². The Labute approximate surface area is 239 Å². The normalized spacial score (nSPS) is 21.5. The quantitative estimate of drug-likeness (QED) is 0.375. The van der Waals surface area contributed by atoms with Crippen LogP contribution in [0.25, 0.3) is 10.4 Å². The van der Waals surface area contributed by atoms with Crippen LogP contribution in [0.1, 0.15) is 80.6 Å². The van der Waals surface area contributed by atoms with Gasteiger partial charge < -0.3 is 25.2 Å². The molecule has 2 fully saturated rings. The van der Waals surface area contributed by atoms with Gasteiger partial charge in [0.05, 0.1) is 33.9 Å². The van der Waals surface area contributed by atoms with Crippen molar-refractivity contribution < 1.29 is 19.2 Å². The number of hydrogen-bond donors (Lipinski definition) is 3. The highest BCUT2D eigenvalue weighted by Gasteiger charge is 2.43. The van der Waals surface area contributed by atoms with Crippen molar-refractivity contribution in [3.05, 3.63) is 58.6 Å². The number of aryl methyl sites for hydroxylation is 1. The van der Waals surface area contributed by atoms with Gasteiger partial charge in [-0.2, -0.15) is 0 Å². The first-order valence-corrected chi connectivity index (χ1v) is 15.1. The number of piperidine rings is 1. The van der Waals surface area contributed by atoms with Gasteiger partial charge in [-0.05, 0) is 56.8 Å². The van der Waals surface area contributed by atoms with Crippen LogP contribution in [0, 0.1) is 12.8 Å². The lowest BCUT2D eigenvalue weighted by atomic mass is 9.89. The zero-order valence-electron chi connectivity index (χ0n) is 23.6. The van der Waals surface area contributed by atoms with E-state index in [1.54, 1.807) is 11.3 Å². The molecule has 0 aliphatic carbocycles. The molecule has 2 aromatic heterocycles. The fraction of sp³-hybridized carbons (Fsp3) is 0.533. The first-order chi connectivity index (χ1) is 19.2. The summed E-state index contributed by atoms with van der Waals surface area (Å²) in [5.41, 5.74) is 5.77. The molecule has 9 nitrogen and oxygen atoms in total. The molecular formula is C30H39N5O4S. The van der Waals surface area contributed by atoms with Crippen molar-refractivity contribution in [2.45, 2.75) is 77.0 Å². The van der Waals surface area contributed by atoms with E-state index in [-0.39, 0.29) is 36.7 Å². The molecule has 40 heavy (non-hydrogen) atoms. The second-order valence-electron chi connectivity index (χ2n) is 11.4. The van der Waals surface area contributed by atoms with Crippen molar-refractivity contribution in [3.63, 3.8) is 0 Å². The van der Waals surface area contributed by atoms with Gasteiger partial charge in [-0.3, -0.25) is 9.59 Å². The second-order valence-corrected chi connectivity index (χ2v) is 12.3. The maximum absolute atomic E-state index is 13.9. The monoisotopic (exact) mass is 565 g/mol. The Morgan fingerprint density at radius 2 is 1.90 bits per heavy atom. The number of rotatable bonds is 8. The highest BCUT2D eigenvalue weighted by molar-refractivity contribution is 7.13. The number of nitrogens with zero attached hydrogens (tertiary/aromatic N) is 3. The van der Waals surface area contributed by atoms with Gasteiger partial charge in [0.15, 0.2) is 0 Å². The minimum absolute atomic E-state index is 0.0672. The molecule has 1 aromatic carbocycles. The van der Waals surface area contributed by atoms with Crippen LogP contribution in [0.5, 0.6) is 0 Å². The topological polar surface area (TPSA) is 121 Å². The van der Waals surface area contributed by atoms with E-state index in [0.717, 1.165) is 53.3 Å². The van der Waals surface area contributed by atoms with Crippen LogP contribution < -0.4 is 10.6 Å². The lowest BCUT2D eigenvalue weighted by Gasteiger charge is -2.29. The summed E-state index contributed by atoms with van der Waals surface area (Å²) in [7, 11) is 0. The van der Waals surface area contributed by atoms with Crippen LogP contribution in [0.3, 0.4) is 0 Å². The molecule has 10 heteroatoms. The molecule has 2 saturated heterocycles. The number of aromatic nitrogens is 2. The van der Waals surface area contributed by atoms with Crippen LogP contribution in [0.4, 0.5) is 0 Å². The number of nitrogens with one attached hydrogen (secondary N) is 2. The summed E-state index contributed by atoms with van der Waals surface area (Å²) in [6.45, 7) is 9.85. The molecular weight excluding hydrogens is 526 g/mol. The first-order valence-electron chi connectivity index (χ1n) is 14.2. The van der Waals surface area contributed by atoms with Crippen LogP contribution in [0.2, 0.25) is 0 Å². The van der Waals surface area contributed by atoms with Crippen molar-refractivity contribution in [1.29, 1.82) is 0 Å². The summed E-state index contributed by atoms with van der Waals surface area (Å²) in [6.07, 6.45) is 1.41. The zero-order valence-corrected chi connectivity index (χ0v) is 24.4. The number of aliphatic hydroxyl groups is 1. The number of carbonyl (C=O) groups is 2. The Kier molecular flexibility index (Phi) is 8.68. The Balaban J connectivity index is 1.28. The van der Waals surface area contributed by atoms with Gasteiger partial charge in [0.1, 0.15) is 17.7 Å². The van der Waals surface area contributed by atoms with Gasteiger partial charge in [-0.15, -0.1) is 11.3 Å². The number of benzene rings is 1. The summed E-state index contributed by atoms with van der Waals surface area (Å²) >= 11 is 1.60. The predicted molar refractivity (Wildman–Crippen MR) is 154 cm³/mol. The second kappa shape index (κ2) is 12.2. The Morgan fingerprint density at radius 3 is 2.55 bits per heavy atom. The van der Waals surface area contributed by atoms with E-state index in [0.29, 0.717) is 11.7 Å². The van der Waals surface area contributed by atoms with Crippen LogP contribution >= 0.6 is 11.3 Å². The van der Waals surface area contributed by atoms with Gasteiger partial charge in [0, 0.05) is 24.9 Å². The molecule has 0 radical (unpaired) electrons. The molecule has 3 N–H and O–H groups in total. The van der Waals surface area contributed by atoms with E-state index in [9.17, 15) is 14.7 Å². The summed E-state index contributed by atoms with van der Waals surface area (Å²) in [5.74, 6) is -0.285. The minimum atomic E-state index is -0.759. The number of β-amino-alcohol motifs (C(OH)–C–C–N with tert-alkyl or cyclic N) is 1. The molecule has 2 aliphatic rings. The van der Waals surface area contributed by atoms with Gasteiger partial charge >= 0.3 is 0 Å². The fourth-order valence-corrected chi connectivity index (χ4v) is 6.69. The van der Waals surface area contributed by atoms with Crippen LogP contribution in [-0.4, -0.2) is 63.7 Å². The number of thiazole rings is 1.